The van der Waals surface area contributed by atoms with E-state index in [0.29, 0.717) is 11.3 Å². The zero-order valence-corrected chi connectivity index (χ0v) is 10.0. The standard InChI is InChI=1S/C11H12O5S/c1-16-8-3-2-4-9-11(8)7(5-10(12)13)6-17(9,14)15/h2-4,7H,5-6H2,1H3,(H,12,13). The van der Waals surface area contributed by atoms with Gasteiger partial charge < -0.3 is 9.84 Å². The van der Waals surface area contributed by atoms with E-state index in [1.165, 1.54) is 13.2 Å². The monoisotopic (exact) mass is 256 g/mol. The fourth-order valence-corrected chi connectivity index (χ4v) is 4.07. The Morgan fingerprint density at radius 1 is 1.53 bits per heavy atom. The molecule has 0 amide bonds. The number of hydrogen-bond acceptors (Lipinski definition) is 4. The number of carbonyl (C=O) groups is 1. The molecule has 0 saturated heterocycles. The first-order valence-corrected chi connectivity index (χ1v) is 6.72. The van der Waals surface area contributed by atoms with E-state index in [0.717, 1.165) is 0 Å². The van der Waals surface area contributed by atoms with Crippen molar-refractivity contribution in [2.45, 2.75) is 17.2 Å². The Hall–Kier alpha value is -1.56. The first-order valence-electron chi connectivity index (χ1n) is 5.07. The lowest BCUT2D eigenvalue weighted by atomic mass is 9.97. The van der Waals surface area contributed by atoms with Crippen LogP contribution in [0.25, 0.3) is 0 Å². The Bertz CT molecular complexity index is 561. The van der Waals surface area contributed by atoms with E-state index in [9.17, 15) is 13.2 Å². The highest BCUT2D eigenvalue weighted by Crippen LogP contribution is 2.42. The summed E-state index contributed by atoms with van der Waals surface area (Å²) in [5.41, 5.74) is 0.498. The van der Waals surface area contributed by atoms with Crippen molar-refractivity contribution in [3.63, 3.8) is 0 Å². The second-order valence-corrected chi connectivity index (χ2v) is 5.95. The summed E-state index contributed by atoms with van der Waals surface area (Å²) < 4.78 is 28.8. The van der Waals surface area contributed by atoms with Crippen LogP contribution in [0.15, 0.2) is 23.1 Å². The molecule has 0 spiro atoms. The SMILES string of the molecule is COc1cccc2c1C(CC(=O)O)CS2(=O)=O. The summed E-state index contributed by atoms with van der Waals surface area (Å²) in [7, 11) is -1.93. The van der Waals surface area contributed by atoms with Gasteiger partial charge in [-0.05, 0) is 12.1 Å². The fraction of sp³-hybridized carbons (Fsp3) is 0.364. The van der Waals surface area contributed by atoms with E-state index >= 15 is 0 Å². The molecule has 0 saturated carbocycles. The minimum Gasteiger partial charge on any atom is -0.496 e. The van der Waals surface area contributed by atoms with Crippen LogP contribution in [0.2, 0.25) is 0 Å². The highest BCUT2D eigenvalue weighted by Gasteiger charge is 2.38. The number of carboxylic acid groups (broad SMARTS) is 1. The van der Waals surface area contributed by atoms with Crippen LogP contribution in [0, 0.1) is 0 Å². The number of ether oxygens (including phenoxy) is 1. The number of carboxylic acids is 1. The lowest BCUT2D eigenvalue weighted by Gasteiger charge is -2.11. The molecule has 6 heteroatoms. The summed E-state index contributed by atoms with van der Waals surface area (Å²) in [4.78, 5) is 10.9. The van der Waals surface area contributed by atoms with Crippen LogP contribution < -0.4 is 4.74 Å². The zero-order valence-electron chi connectivity index (χ0n) is 9.21. The Morgan fingerprint density at radius 2 is 2.24 bits per heavy atom. The zero-order chi connectivity index (χ0) is 12.6. The summed E-state index contributed by atoms with van der Waals surface area (Å²) >= 11 is 0. The van der Waals surface area contributed by atoms with Gasteiger partial charge in [-0.3, -0.25) is 4.79 Å². The average Bonchev–Trinajstić information content (AvgIpc) is 2.50. The molecule has 0 aromatic heterocycles. The maximum atomic E-state index is 11.9. The van der Waals surface area contributed by atoms with Gasteiger partial charge >= 0.3 is 5.97 Å². The summed E-state index contributed by atoms with van der Waals surface area (Å²) in [6.07, 6.45) is -0.202. The van der Waals surface area contributed by atoms with Crippen molar-refractivity contribution in [3.8, 4) is 5.75 Å². The van der Waals surface area contributed by atoms with Crippen molar-refractivity contribution in [1.29, 1.82) is 0 Å². The van der Waals surface area contributed by atoms with Crippen LogP contribution in [0.1, 0.15) is 17.9 Å². The molecule has 0 radical (unpaired) electrons. The van der Waals surface area contributed by atoms with Crippen molar-refractivity contribution in [1.82, 2.24) is 0 Å². The first-order chi connectivity index (χ1) is 7.95. The molecule has 1 atom stereocenters. The molecule has 17 heavy (non-hydrogen) atoms. The number of methoxy groups -OCH3 is 1. The largest absolute Gasteiger partial charge is 0.496 e. The molecule has 92 valence electrons. The van der Waals surface area contributed by atoms with Crippen molar-refractivity contribution < 1.29 is 23.1 Å². The third-order valence-corrected chi connectivity index (χ3v) is 4.70. The van der Waals surface area contributed by atoms with Gasteiger partial charge in [0.05, 0.1) is 24.2 Å². The van der Waals surface area contributed by atoms with Crippen LogP contribution in [0.5, 0.6) is 5.75 Å². The smallest absolute Gasteiger partial charge is 0.304 e. The van der Waals surface area contributed by atoms with Gasteiger partial charge in [0.25, 0.3) is 0 Å². The predicted molar refractivity (Wildman–Crippen MR) is 60.0 cm³/mol. The van der Waals surface area contributed by atoms with Gasteiger partial charge in [0.2, 0.25) is 0 Å². The molecule has 0 bridgehead atoms. The summed E-state index contributed by atoms with van der Waals surface area (Å²) in [5.74, 6) is -1.25. The van der Waals surface area contributed by atoms with Crippen molar-refractivity contribution >= 4 is 15.8 Å². The second kappa shape index (κ2) is 4.03. The second-order valence-electron chi connectivity index (χ2n) is 3.95. The summed E-state index contributed by atoms with van der Waals surface area (Å²) in [5, 5.41) is 8.80. The molecule has 1 N–H and O–H groups in total. The predicted octanol–water partition coefficient (Wildman–Crippen LogP) is 1.04. The molecule has 1 aromatic carbocycles. The molecule has 5 nitrogen and oxygen atoms in total. The lowest BCUT2D eigenvalue weighted by Crippen LogP contribution is -2.09. The molecule has 0 aliphatic carbocycles. The Kier molecular flexibility index (Phi) is 2.82. The normalized spacial score (nSPS) is 20.9. The summed E-state index contributed by atoms with van der Waals surface area (Å²) in [6, 6.07) is 4.74. The van der Waals surface area contributed by atoms with Crippen LogP contribution in [0.4, 0.5) is 0 Å². The summed E-state index contributed by atoms with van der Waals surface area (Å²) in [6.45, 7) is 0. The molecule has 1 aromatic rings. The lowest BCUT2D eigenvalue weighted by molar-refractivity contribution is -0.137. The first kappa shape index (κ1) is 11.9. The van der Waals surface area contributed by atoms with Gasteiger partial charge in [-0.25, -0.2) is 8.42 Å². The Labute approximate surface area is 98.9 Å². The highest BCUT2D eigenvalue weighted by atomic mass is 32.2. The maximum absolute atomic E-state index is 11.9. The minimum absolute atomic E-state index is 0.158. The van der Waals surface area contributed by atoms with Gasteiger partial charge in [0.15, 0.2) is 9.84 Å². The Balaban J connectivity index is 2.58. The molecular formula is C11H12O5S. The third kappa shape index (κ3) is 2.00. The van der Waals surface area contributed by atoms with E-state index in [4.69, 9.17) is 9.84 Å². The van der Waals surface area contributed by atoms with E-state index in [1.807, 2.05) is 0 Å². The number of hydrogen-bond donors (Lipinski definition) is 1. The fourth-order valence-electron chi connectivity index (χ4n) is 2.19. The number of rotatable bonds is 3. The van der Waals surface area contributed by atoms with Gasteiger partial charge in [0.1, 0.15) is 5.75 Å². The molecule has 1 aliphatic heterocycles. The van der Waals surface area contributed by atoms with Gasteiger partial charge in [-0.2, -0.15) is 0 Å². The van der Waals surface area contributed by atoms with Crippen LogP contribution in [-0.2, 0) is 14.6 Å². The quantitative estimate of drug-likeness (QED) is 0.874. The van der Waals surface area contributed by atoms with E-state index < -0.39 is 21.7 Å². The number of sulfone groups is 1. The van der Waals surface area contributed by atoms with Crippen LogP contribution >= 0.6 is 0 Å². The maximum Gasteiger partial charge on any atom is 0.304 e. The third-order valence-electron chi connectivity index (χ3n) is 2.83. The number of benzene rings is 1. The molecule has 1 aliphatic rings. The number of aliphatic carboxylic acids is 1. The van der Waals surface area contributed by atoms with Crippen molar-refractivity contribution in [3.05, 3.63) is 23.8 Å². The van der Waals surface area contributed by atoms with E-state index in [2.05, 4.69) is 0 Å². The van der Waals surface area contributed by atoms with Crippen LogP contribution in [0.3, 0.4) is 0 Å². The van der Waals surface area contributed by atoms with Crippen LogP contribution in [-0.4, -0.2) is 32.4 Å². The van der Waals surface area contributed by atoms with Crippen molar-refractivity contribution in [2.75, 3.05) is 12.9 Å². The van der Waals surface area contributed by atoms with Gasteiger partial charge in [0, 0.05) is 11.5 Å². The molecule has 0 fully saturated rings. The van der Waals surface area contributed by atoms with E-state index in [-0.39, 0.29) is 17.1 Å². The number of fused-ring (bicyclic) bond motifs is 1. The molecular weight excluding hydrogens is 244 g/mol. The average molecular weight is 256 g/mol. The van der Waals surface area contributed by atoms with Gasteiger partial charge in [-0.1, -0.05) is 6.07 Å². The molecule has 1 heterocycles. The highest BCUT2D eigenvalue weighted by molar-refractivity contribution is 7.91. The minimum atomic E-state index is -3.38. The van der Waals surface area contributed by atoms with Gasteiger partial charge in [-0.15, -0.1) is 0 Å². The Morgan fingerprint density at radius 3 is 2.82 bits per heavy atom. The topological polar surface area (TPSA) is 80.7 Å². The van der Waals surface area contributed by atoms with Crippen molar-refractivity contribution in [2.24, 2.45) is 0 Å². The molecule has 1 unspecified atom stereocenters. The van der Waals surface area contributed by atoms with E-state index in [1.54, 1.807) is 12.1 Å². The molecule has 2 rings (SSSR count).